The molecule has 9 heteroatoms. The van der Waals surface area contributed by atoms with E-state index in [1.165, 1.54) is 23.0 Å². The molecule has 0 aromatic carbocycles. The first kappa shape index (κ1) is 18.4. The number of aromatic nitrogens is 2. The summed E-state index contributed by atoms with van der Waals surface area (Å²) >= 11 is 2.84. The Hall–Kier alpha value is -1.35. The second-order valence-corrected chi connectivity index (χ2v) is 8.32. The number of carbonyl (C=O) groups excluding carboxylic acids is 1. The van der Waals surface area contributed by atoms with E-state index in [0.717, 1.165) is 20.7 Å². The number of thioether (sulfide) groups is 1. The highest BCUT2D eigenvalue weighted by Crippen LogP contribution is 2.35. The SMILES string of the molecule is Cc1sc2ncnc(SCC(=O)N3CCC[C@H](C(F)(F)F)C3)c2c1C. The molecular weight excluding hydrogens is 371 g/mol. The summed E-state index contributed by atoms with van der Waals surface area (Å²) in [6.07, 6.45) is -2.29. The lowest BCUT2D eigenvalue weighted by atomic mass is 9.97. The quantitative estimate of drug-likeness (QED) is 0.583. The number of piperidine rings is 1. The van der Waals surface area contributed by atoms with Crippen LogP contribution in [0.25, 0.3) is 10.2 Å². The van der Waals surface area contributed by atoms with Crippen LogP contribution in [0.4, 0.5) is 13.2 Å². The van der Waals surface area contributed by atoms with Gasteiger partial charge in [0.1, 0.15) is 16.2 Å². The van der Waals surface area contributed by atoms with Gasteiger partial charge >= 0.3 is 6.18 Å². The van der Waals surface area contributed by atoms with Gasteiger partial charge in [-0.1, -0.05) is 11.8 Å². The van der Waals surface area contributed by atoms with E-state index >= 15 is 0 Å². The number of amides is 1. The lowest BCUT2D eigenvalue weighted by molar-refractivity contribution is -0.187. The number of hydrogen-bond acceptors (Lipinski definition) is 5. The number of fused-ring (bicyclic) bond motifs is 1. The molecule has 0 radical (unpaired) electrons. The van der Waals surface area contributed by atoms with Crippen LogP contribution in [-0.2, 0) is 4.79 Å². The van der Waals surface area contributed by atoms with Gasteiger partial charge in [-0.15, -0.1) is 11.3 Å². The third-order valence-corrected chi connectivity index (χ3v) is 6.59. The second kappa shape index (κ2) is 7.11. The predicted molar refractivity (Wildman–Crippen MR) is 93.0 cm³/mol. The highest BCUT2D eigenvalue weighted by molar-refractivity contribution is 8.00. The van der Waals surface area contributed by atoms with Gasteiger partial charge in [0, 0.05) is 23.4 Å². The van der Waals surface area contributed by atoms with Crippen LogP contribution in [0.2, 0.25) is 0 Å². The molecule has 3 heterocycles. The number of thiophene rings is 1. The van der Waals surface area contributed by atoms with Gasteiger partial charge in [0.15, 0.2) is 0 Å². The number of alkyl halides is 3. The maximum Gasteiger partial charge on any atom is 0.393 e. The zero-order chi connectivity index (χ0) is 18.2. The maximum absolute atomic E-state index is 12.9. The minimum absolute atomic E-state index is 0.0883. The Morgan fingerprint density at radius 2 is 2.16 bits per heavy atom. The summed E-state index contributed by atoms with van der Waals surface area (Å²) in [7, 11) is 0. The van der Waals surface area contributed by atoms with Crippen LogP contribution in [0.1, 0.15) is 23.3 Å². The fourth-order valence-electron chi connectivity index (χ4n) is 2.95. The summed E-state index contributed by atoms with van der Waals surface area (Å²) in [5, 5.41) is 1.65. The number of likely N-dealkylation sites (tertiary alicyclic amines) is 1. The van der Waals surface area contributed by atoms with Crippen LogP contribution in [0.3, 0.4) is 0 Å². The Bertz CT molecular complexity index is 791. The van der Waals surface area contributed by atoms with E-state index in [1.54, 1.807) is 11.3 Å². The van der Waals surface area contributed by atoms with Gasteiger partial charge in [0.05, 0.1) is 11.7 Å². The zero-order valence-corrected chi connectivity index (χ0v) is 15.5. The molecule has 0 bridgehead atoms. The standard InChI is InChI=1S/C16H18F3N3OS2/c1-9-10(2)25-15-13(9)14(20-8-21-15)24-7-12(23)22-5-3-4-11(6-22)16(17,18)19/h8,11H,3-7H2,1-2H3/t11-/m0/s1. The lowest BCUT2D eigenvalue weighted by Crippen LogP contribution is -2.45. The largest absolute Gasteiger partial charge is 0.393 e. The minimum atomic E-state index is -4.24. The van der Waals surface area contributed by atoms with E-state index in [9.17, 15) is 18.0 Å². The van der Waals surface area contributed by atoms with E-state index in [2.05, 4.69) is 9.97 Å². The molecule has 1 saturated heterocycles. The maximum atomic E-state index is 12.9. The molecule has 3 rings (SSSR count). The van der Waals surface area contributed by atoms with Gasteiger partial charge in [-0.25, -0.2) is 9.97 Å². The van der Waals surface area contributed by atoms with E-state index in [-0.39, 0.29) is 24.6 Å². The number of aryl methyl sites for hydroxylation is 2. The van der Waals surface area contributed by atoms with Crippen LogP contribution >= 0.6 is 23.1 Å². The first-order valence-corrected chi connectivity index (χ1v) is 9.75. The monoisotopic (exact) mass is 389 g/mol. The van der Waals surface area contributed by atoms with Crippen molar-refractivity contribution < 1.29 is 18.0 Å². The predicted octanol–water partition coefficient (Wildman–Crippen LogP) is 4.20. The van der Waals surface area contributed by atoms with Crippen LogP contribution < -0.4 is 0 Å². The van der Waals surface area contributed by atoms with Crippen LogP contribution in [0.5, 0.6) is 0 Å². The Labute approximate surface area is 151 Å². The molecule has 1 aliphatic heterocycles. The second-order valence-electron chi connectivity index (χ2n) is 6.15. The molecular formula is C16H18F3N3OS2. The topological polar surface area (TPSA) is 46.1 Å². The van der Waals surface area contributed by atoms with Gasteiger partial charge in [-0.2, -0.15) is 13.2 Å². The average Bonchev–Trinajstić information content (AvgIpc) is 2.87. The van der Waals surface area contributed by atoms with Gasteiger partial charge in [0.25, 0.3) is 0 Å². The third kappa shape index (κ3) is 3.92. The summed E-state index contributed by atoms with van der Waals surface area (Å²) in [4.78, 5) is 24.2. The smallest absolute Gasteiger partial charge is 0.341 e. The summed E-state index contributed by atoms with van der Waals surface area (Å²) < 4.78 is 38.7. The highest BCUT2D eigenvalue weighted by Gasteiger charge is 2.42. The van der Waals surface area contributed by atoms with E-state index in [0.29, 0.717) is 18.0 Å². The van der Waals surface area contributed by atoms with E-state index in [4.69, 9.17) is 0 Å². The third-order valence-electron chi connectivity index (χ3n) is 4.50. The van der Waals surface area contributed by atoms with E-state index in [1.807, 2.05) is 13.8 Å². The number of carbonyl (C=O) groups is 1. The minimum Gasteiger partial charge on any atom is -0.341 e. The van der Waals surface area contributed by atoms with Crippen molar-refractivity contribution in [1.82, 2.24) is 14.9 Å². The molecule has 4 nitrogen and oxygen atoms in total. The Kier molecular flexibility index (Phi) is 5.24. The highest BCUT2D eigenvalue weighted by atomic mass is 32.2. The van der Waals surface area contributed by atoms with Gasteiger partial charge in [-0.05, 0) is 32.3 Å². The zero-order valence-electron chi connectivity index (χ0n) is 13.9. The van der Waals surface area contributed by atoms with Gasteiger partial charge < -0.3 is 4.90 Å². The molecule has 0 saturated carbocycles. The van der Waals surface area contributed by atoms with Crippen molar-refractivity contribution in [2.75, 3.05) is 18.8 Å². The fraction of sp³-hybridized carbons (Fsp3) is 0.562. The van der Waals surface area contributed by atoms with Crippen molar-refractivity contribution in [3.63, 3.8) is 0 Å². The number of nitrogens with zero attached hydrogens (tertiary/aromatic N) is 3. The van der Waals surface area contributed by atoms with Crippen molar-refractivity contribution in [3.8, 4) is 0 Å². The molecule has 2 aromatic heterocycles. The van der Waals surface area contributed by atoms with Crippen molar-refractivity contribution in [2.45, 2.75) is 37.9 Å². The lowest BCUT2D eigenvalue weighted by Gasteiger charge is -2.33. The summed E-state index contributed by atoms with van der Waals surface area (Å²) in [6.45, 7) is 4.15. The van der Waals surface area contributed by atoms with Gasteiger partial charge in [-0.3, -0.25) is 4.79 Å². The van der Waals surface area contributed by atoms with Crippen molar-refractivity contribution in [3.05, 3.63) is 16.8 Å². The molecule has 0 N–H and O–H groups in total. The molecule has 1 fully saturated rings. The average molecular weight is 389 g/mol. The van der Waals surface area contributed by atoms with Crippen LogP contribution in [0, 0.1) is 19.8 Å². The first-order valence-electron chi connectivity index (χ1n) is 7.95. The number of rotatable bonds is 3. The van der Waals surface area contributed by atoms with Crippen LogP contribution in [0.15, 0.2) is 11.4 Å². The van der Waals surface area contributed by atoms with Crippen molar-refractivity contribution >= 4 is 39.2 Å². The summed E-state index contributed by atoms with van der Waals surface area (Å²) in [6, 6.07) is 0. The fourth-order valence-corrected chi connectivity index (χ4v) is 4.97. The molecule has 0 unspecified atom stereocenters. The van der Waals surface area contributed by atoms with Gasteiger partial charge in [0.2, 0.25) is 5.91 Å². The normalized spacial score (nSPS) is 18.8. The Balaban J connectivity index is 1.69. The molecule has 1 atom stereocenters. The molecule has 1 amide bonds. The Morgan fingerprint density at radius 1 is 1.40 bits per heavy atom. The molecule has 1 aliphatic rings. The summed E-state index contributed by atoms with van der Waals surface area (Å²) in [5.74, 6) is -1.59. The molecule has 0 spiro atoms. The van der Waals surface area contributed by atoms with E-state index < -0.39 is 12.1 Å². The molecule has 2 aromatic rings. The number of hydrogen-bond donors (Lipinski definition) is 0. The molecule has 0 aliphatic carbocycles. The number of halogens is 3. The Morgan fingerprint density at radius 3 is 2.88 bits per heavy atom. The summed E-state index contributed by atoms with van der Waals surface area (Å²) in [5.41, 5.74) is 1.09. The van der Waals surface area contributed by atoms with Crippen molar-refractivity contribution in [1.29, 1.82) is 0 Å². The first-order chi connectivity index (χ1) is 11.8. The van der Waals surface area contributed by atoms with Crippen LogP contribution in [-0.4, -0.2) is 45.8 Å². The molecule has 25 heavy (non-hydrogen) atoms. The molecule has 136 valence electrons. The van der Waals surface area contributed by atoms with Crippen molar-refractivity contribution in [2.24, 2.45) is 5.92 Å².